The summed E-state index contributed by atoms with van der Waals surface area (Å²) in [6, 6.07) is 8.37. The van der Waals surface area contributed by atoms with E-state index in [1.165, 1.54) is 7.11 Å². The van der Waals surface area contributed by atoms with Crippen molar-refractivity contribution in [3.8, 4) is 0 Å². The van der Waals surface area contributed by atoms with Gasteiger partial charge in [-0.2, -0.15) is 0 Å². The molecule has 0 heterocycles. The molecule has 1 unspecified atom stereocenters. The van der Waals surface area contributed by atoms with Crippen LogP contribution in [0.3, 0.4) is 0 Å². The van der Waals surface area contributed by atoms with Gasteiger partial charge >= 0.3 is 11.9 Å². The summed E-state index contributed by atoms with van der Waals surface area (Å²) in [6.45, 7) is -0.0676. The third-order valence-electron chi connectivity index (χ3n) is 2.86. The second-order valence-corrected chi connectivity index (χ2v) is 4.59. The van der Waals surface area contributed by atoms with Crippen LogP contribution in [0.15, 0.2) is 30.3 Å². The Morgan fingerprint density at radius 1 is 1.23 bits per heavy atom. The number of nitrogens with one attached hydrogen (secondary N) is 1. The number of ether oxygens (including phenoxy) is 2. The van der Waals surface area contributed by atoms with Gasteiger partial charge in [0, 0.05) is 6.42 Å². The molecule has 0 aliphatic rings. The largest absolute Gasteiger partial charge is 0.468 e. The lowest BCUT2D eigenvalue weighted by Crippen LogP contribution is -2.35. The molecule has 0 saturated heterocycles. The summed E-state index contributed by atoms with van der Waals surface area (Å²) in [4.78, 5) is 34.0. The van der Waals surface area contributed by atoms with Crippen LogP contribution in [-0.2, 0) is 30.5 Å². The highest BCUT2D eigenvalue weighted by molar-refractivity contribution is 5.82. The summed E-state index contributed by atoms with van der Waals surface area (Å²) in [6.07, 6.45) is 0.180. The molecule has 1 aromatic rings. The van der Waals surface area contributed by atoms with Gasteiger partial charge in [0.1, 0.15) is 19.2 Å². The van der Waals surface area contributed by atoms with Crippen LogP contribution in [-0.4, -0.2) is 37.5 Å². The van der Waals surface area contributed by atoms with E-state index < -0.39 is 18.0 Å². The number of hydrogen-bond acceptors (Lipinski definition) is 6. The quantitative estimate of drug-likeness (QED) is 0.661. The molecule has 1 amide bonds. The second kappa shape index (κ2) is 9.51. The van der Waals surface area contributed by atoms with Gasteiger partial charge in [0.25, 0.3) is 0 Å². The van der Waals surface area contributed by atoms with Gasteiger partial charge in [-0.25, -0.2) is 0 Å². The Morgan fingerprint density at radius 2 is 1.91 bits per heavy atom. The summed E-state index contributed by atoms with van der Waals surface area (Å²) >= 11 is 0. The number of carbonyl (C=O) groups excluding carboxylic acids is 3. The zero-order valence-electron chi connectivity index (χ0n) is 12.4. The maximum atomic E-state index is 11.5. The van der Waals surface area contributed by atoms with E-state index in [0.717, 1.165) is 5.56 Å². The Labute approximate surface area is 128 Å². The first-order valence-electron chi connectivity index (χ1n) is 6.82. The third kappa shape index (κ3) is 6.85. The van der Waals surface area contributed by atoms with Crippen molar-refractivity contribution in [3.63, 3.8) is 0 Å². The highest BCUT2D eigenvalue weighted by Crippen LogP contribution is 2.00. The topological polar surface area (TPSA) is 108 Å². The molecule has 0 aromatic heterocycles. The van der Waals surface area contributed by atoms with E-state index in [4.69, 9.17) is 10.5 Å². The molecule has 0 aliphatic carbocycles. The van der Waals surface area contributed by atoms with Crippen molar-refractivity contribution in [1.29, 1.82) is 0 Å². The molecule has 1 atom stereocenters. The fourth-order valence-corrected chi connectivity index (χ4v) is 1.60. The Balaban J connectivity index is 2.18. The molecular formula is C15H20N2O5. The average molecular weight is 308 g/mol. The molecular weight excluding hydrogens is 288 g/mol. The molecule has 0 bridgehead atoms. The minimum atomic E-state index is -0.846. The average Bonchev–Trinajstić information content (AvgIpc) is 2.55. The highest BCUT2D eigenvalue weighted by atomic mass is 16.5. The third-order valence-corrected chi connectivity index (χ3v) is 2.86. The van der Waals surface area contributed by atoms with Crippen molar-refractivity contribution >= 4 is 17.8 Å². The van der Waals surface area contributed by atoms with Crippen LogP contribution in [0.25, 0.3) is 0 Å². The SMILES string of the molecule is COC(=O)C(N)CCC(=O)NCC(=O)OCc1ccccc1. The van der Waals surface area contributed by atoms with Crippen LogP contribution < -0.4 is 11.1 Å². The first-order valence-corrected chi connectivity index (χ1v) is 6.82. The second-order valence-electron chi connectivity index (χ2n) is 4.59. The number of nitrogens with two attached hydrogens (primary N) is 1. The van der Waals surface area contributed by atoms with E-state index in [0.29, 0.717) is 0 Å². The molecule has 7 heteroatoms. The van der Waals surface area contributed by atoms with Gasteiger partial charge in [-0.1, -0.05) is 30.3 Å². The molecule has 1 aromatic carbocycles. The van der Waals surface area contributed by atoms with E-state index in [-0.39, 0.29) is 31.9 Å². The Morgan fingerprint density at radius 3 is 2.55 bits per heavy atom. The van der Waals surface area contributed by atoms with Crippen molar-refractivity contribution in [2.75, 3.05) is 13.7 Å². The fraction of sp³-hybridized carbons (Fsp3) is 0.400. The molecule has 0 radical (unpaired) electrons. The molecule has 3 N–H and O–H groups in total. The van der Waals surface area contributed by atoms with E-state index in [1.54, 1.807) is 0 Å². The van der Waals surface area contributed by atoms with E-state index in [9.17, 15) is 14.4 Å². The summed E-state index contributed by atoms with van der Waals surface area (Å²) in [5.41, 5.74) is 6.36. The monoisotopic (exact) mass is 308 g/mol. The molecule has 7 nitrogen and oxygen atoms in total. The van der Waals surface area contributed by atoms with Crippen molar-refractivity contribution < 1.29 is 23.9 Å². The van der Waals surface area contributed by atoms with E-state index in [1.807, 2.05) is 30.3 Å². The summed E-state index contributed by atoms with van der Waals surface area (Å²) in [5.74, 6) is -1.49. The molecule has 1 rings (SSSR count). The maximum Gasteiger partial charge on any atom is 0.325 e. The number of carbonyl (C=O) groups is 3. The summed E-state index contributed by atoms with van der Waals surface area (Å²) in [5, 5.41) is 2.41. The standard InChI is InChI=1S/C15H20N2O5/c1-21-15(20)12(16)7-8-13(18)17-9-14(19)22-10-11-5-3-2-4-6-11/h2-6,12H,7-10,16H2,1H3,(H,17,18). The Hall–Kier alpha value is -2.41. The fourth-order valence-electron chi connectivity index (χ4n) is 1.60. The van der Waals surface area contributed by atoms with Crippen molar-refractivity contribution in [2.24, 2.45) is 5.73 Å². The lowest BCUT2D eigenvalue weighted by molar-refractivity contribution is -0.145. The number of amides is 1. The van der Waals surface area contributed by atoms with E-state index in [2.05, 4.69) is 10.1 Å². The van der Waals surface area contributed by atoms with Crippen LogP contribution in [0.5, 0.6) is 0 Å². The predicted octanol–water partition coefficient (Wildman–Crippen LogP) is 0.127. The first-order chi connectivity index (χ1) is 10.5. The number of hydrogen-bond donors (Lipinski definition) is 2. The van der Waals surface area contributed by atoms with Crippen LogP contribution in [0, 0.1) is 0 Å². The zero-order chi connectivity index (χ0) is 16.4. The van der Waals surface area contributed by atoms with Crippen LogP contribution in [0.4, 0.5) is 0 Å². The smallest absolute Gasteiger partial charge is 0.325 e. The molecule has 0 saturated carbocycles. The van der Waals surface area contributed by atoms with Gasteiger partial charge in [-0.15, -0.1) is 0 Å². The van der Waals surface area contributed by atoms with Crippen LogP contribution in [0.1, 0.15) is 18.4 Å². The Kier molecular flexibility index (Phi) is 7.63. The molecule has 120 valence electrons. The van der Waals surface area contributed by atoms with Crippen LogP contribution >= 0.6 is 0 Å². The first kappa shape index (κ1) is 17.6. The summed E-state index contributed by atoms with van der Waals surface area (Å²) < 4.78 is 9.45. The minimum Gasteiger partial charge on any atom is -0.468 e. The van der Waals surface area contributed by atoms with Crippen LogP contribution in [0.2, 0.25) is 0 Å². The zero-order valence-corrected chi connectivity index (χ0v) is 12.4. The number of benzene rings is 1. The van der Waals surface area contributed by atoms with E-state index >= 15 is 0 Å². The normalized spacial score (nSPS) is 11.4. The van der Waals surface area contributed by atoms with Crippen molar-refractivity contribution in [3.05, 3.63) is 35.9 Å². The molecule has 0 spiro atoms. The number of rotatable bonds is 8. The van der Waals surface area contributed by atoms with Gasteiger partial charge in [0.2, 0.25) is 5.91 Å². The summed E-state index contributed by atoms with van der Waals surface area (Å²) in [7, 11) is 1.23. The Bertz CT molecular complexity index is 504. The van der Waals surface area contributed by atoms with Gasteiger partial charge in [-0.3, -0.25) is 14.4 Å². The lowest BCUT2D eigenvalue weighted by atomic mass is 10.1. The van der Waals surface area contributed by atoms with Gasteiger partial charge in [0.05, 0.1) is 7.11 Å². The molecule has 0 fully saturated rings. The maximum absolute atomic E-state index is 11.5. The number of esters is 2. The lowest BCUT2D eigenvalue weighted by Gasteiger charge is -2.09. The minimum absolute atomic E-state index is 0.0300. The van der Waals surface area contributed by atoms with Gasteiger partial charge in [-0.05, 0) is 12.0 Å². The predicted molar refractivity (Wildman–Crippen MR) is 78.5 cm³/mol. The van der Waals surface area contributed by atoms with Crippen molar-refractivity contribution in [2.45, 2.75) is 25.5 Å². The number of methoxy groups -OCH3 is 1. The van der Waals surface area contributed by atoms with Gasteiger partial charge < -0.3 is 20.5 Å². The van der Waals surface area contributed by atoms with Crippen molar-refractivity contribution in [1.82, 2.24) is 5.32 Å². The van der Waals surface area contributed by atoms with Gasteiger partial charge in [0.15, 0.2) is 0 Å². The highest BCUT2D eigenvalue weighted by Gasteiger charge is 2.15. The molecule has 0 aliphatic heterocycles. The molecule has 22 heavy (non-hydrogen) atoms.